The van der Waals surface area contributed by atoms with Crippen LogP contribution in [0.15, 0.2) is 36.9 Å². The van der Waals surface area contributed by atoms with Gasteiger partial charge in [-0.2, -0.15) is 5.10 Å². The topological polar surface area (TPSA) is 80.1 Å². The van der Waals surface area contributed by atoms with Crippen molar-refractivity contribution >= 4 is 17.5 Å². The molecule has 1 saturated heterocycles. The van der Waals surface area contributed by atoms with Crippen LogP contribution in [0.5, 0.6) is 0 Å². The molecule has 114 valence electrons. The first-order valence-electron chi connectivity index (χ1n) is 7.16. The standard InChI is InChI=1S/C15H17N5O2/c1-19-10-11(8-17-19)14(21)18-13-5-3-7-20(15(13)22)12-4-2-6-16-9-12/h2,4,6,8-10,13H,3,5,7H2,1H3,(H,18,21). The van der Waals surface area contributed by atoms with Gasteiger partial charge in [0.15, 0.2) is 0 Å². The second-order valence-corrected chi connectivity index (χ2v) is 5.27. The van der Waals surface area contributed by atoms with E-state index in [1.165, 1.54) is 6.20 Å². The molecule has 1 unspecified atom stereocenters. The van der Waals surface area contributed by atoms with Gasteiger partial charge >= 0.3 is 0 Å². The number of anilines is 1. The number of carbonyl (C=O) groups is 2. The van der Waals surface area contributed by atoms with E-state index in [4.69, 9.17) is 0 Å². The maximum Gasteiger partial charge on any atom is 0.255 e. The molecule has 0 aliphatic carbocycles. The smallest absolute Gasteiger partial charge is 0.255 e. The molecule has 2 aromatic heterocycles. The monoisotopic (exact) mass is 299 g/mol. The van der Waals surface area contributed by atoms with E-state index in [0.717, 1.165) is 12.1 Å². The third kappa shape index (κ3) is 2.83. The van der Waals surface area contributed by atoms with Gasteiger partial charge in [-0.3, -0.25) is 19.3 Å². The van der Waals surface area contributed by atoms with Gasteiger partial charge in [-0.25, -0.2) is 0 Å². The fraction of sp³-hybridized carbons (Fsp3) is 0.333. The van der Waals surface area contributed by atoms with Crippen molar-refractivity contribution < 1.29 is 9.59 Å². The quantitative estimate of drug-likeness (QED) is 0.906. The van der Waals surface area contributed by atoms with Gasteiger partial charge in [-0.05, 0) is 25.0 Å². The number of carbonyl (C=O) groups excluding carboxylic acids is 2. The zero-order chi connectivity index (χ0) is 15.5. The summed E-state index contributed by atoms with van der Waals surface area (Å²) in [5.74, 6) is -0.379. The van der Waals surface area contributed by atoms with E-state index >= 15 is 0 Å². The lowest BCUT2D eigenvalue weighted by molar-refractivity contribution is -0.121. The van der Waals surface area contributed by atoms with Crippen LogP contribution in [0.3, 0.4) is 0 Å². The Morgan fingerprint density at radius 1 is 1.41 bits per heavy atom. The van der Waals surface area contributed by atoms with E-state index in [2.05, 4.69) is 15.4 Å². The van der Waals surface area contributed by atoms with Crippen molar-refractivity contribution in [3.8, 4) is 0 Å². The second kappa shape index (κ2) is 5.97. The van der Waals surface area contributed by atoms with Gasteiger partial charge in [0.05, 0.1) is 23.6 Å². The normalized spacial score (nSPS) is 18.3. The van der Waals surface area contributed by atoms with Crippen LogP contribution < -0.4 is 10.2 Å². The van der Waals surface area contributed by atoms with Crippen molar-refractivity contribution in [2.75, 3.05) is 11.4 Å². The Morgan fingerprint density at radius 2 is 2.27 bits per heavy atom. The second-order valence-electron chi connectivity index (χ2n) is 5.27. The van der Waals surface area contributed by atoms with E-state index in [9.17, 15) is 9.59 Å². The number of aryl methyl sites for hydroxylation is 1. The number of nitrogens with zero attached hydrogens (tertiary/aromatic N) is 4. The first-order valence-corrected chi connectivity index (χ1v) is 7.16. The Kier molecular flexibility index (Phi) is 3.86. The molecular weight excluding hydrogens is 282 g/mol. The van der Waals surface area contributed by atoms with E-state index in [-0.39, 0.29) is 11.8 Å². The summed E-state index contributed by atoms with van der Waals surface area (Å²) in [6, 6.07) is 3.12. The van der Waals surface area contributed by atoms with Crippen LogP contribution in [-0.2, 0) is 11.8 Å². The van der Waals surface area contributed by atoms with Gasteiger partial charge in [0.1, 0.15) is 6.04 Å². The molecule has 2 amide bonds. The third-order valence-corrected chi connectivity index (χ3v) is 3.67. The third-order valence-electron chi connectivity index (χ3n) is 3.67. The van der Waals surface area contributed by atoms with Crippen LogP contribution in [-0.4, -0.2) is 39.2 Å². The number of aromatic nitrogens is 3. The molecule has 7 nitrogen and oxygen atoms in total. The van der Waals surface area contributed by atoms with Gasteiger partial charge < -0.3 is 10.2 Å². The lowest BCUT2D eigenvalue weighted by Crippen LogP contribution is -2.52. The number of hydrogen-bond donors (Lipinski definition) is 1. The largest absolute Gasteiger partial charge is 0.340 e. The molecule has 1 aliphatic heterocycles. The summed E-state index contributed by atoms with van der Waals surface area (Å²) in [4.78, 5) is 30.4. The van der Waals surface area contributed by atoms with Crippen molar-refractivity contribution in [3.63, 3.8) is 0 Å². The molecule has 7 heteroatoms. The van der Waals surface area contributed by atoms with E-state index in [0.29, 0.717) is 18.5 Å². The van der Waals surface area contributed by atoms with Crippen LogP contribution in [0.25, 0.3) is 0 Å². The van der Waals surface area contributed by atoms with Crippen molar-refractivity contribution in [2.24, 2.45) is 7.05 Å². The number of piperidine rings is 1. The molecule has 0 radical (unpaired) electrons. The highest BCUT2D eigenvalue weighted by Gasteiger charge is 2.31. The summed E-state index contributed by atoms with van der Waals surface area (Å²) >= 11 is 0. The summed E-state index contributed by atoms with van der Waals surface area (Å²) in [6.45, 7) is 0.643. The summed E-state index contributed by atoms with van der Waals surface area (Å²) in [5, 5.41) is 6.76. The van der Waals surface area contributed by atoms with Crippen molar-refractivity contribution in [2.45, 2.75) is 18.9 Å². The molecular formula is C15H17N5O2. The molecule has 3 heterocycles. The summed E-state index contributed by atoms with van der Waals surface area (Å²) in [7, 11) is 1.74. The average molecular weight is 299 g/mol. The number of amides is 2. The molecule has 22 heavy (non-hydrogen) atoms. The summed E-state index contributed by atoms with van der Waals surface area (Å²) in [6.07, 6.45) is 7.91. The molecule has 3 rings (SSSR count). The SMILES string of the molecule is Cn1cc(C(=O)NC2CCCN(c3cccnc3)C2=O)cn1. The lowest BCUT2D eigenvalue weighted by Gasteiger charge is -2.32. The van der Waals surface area contributed by atoms with Gasteiger partial charge in [0.2, 0.25) is 5.91 Å². The Balaban J connectivity index is 1.72. The van der Waals surface area contributed by atoms with Crippen LogP contribution in [0.4, 0.5) is 5.69 Å². The Morgan fingerprint density at radius 3 is 2.95 bits per heavy atom. The first kappa shape index (κ1) is 14.2. The van der Waals surface area contributed by atoms with E-state index in [1.807, 2.05) is 6.07 Å². The Hall–Kier alpha value is -2.70. The van der Waals surface area contributed by atoms with Gasteiger partial charge in [-0.15, -0.1) is 0 Å². The number of nitrogens with one attached hydrogen (secondary N) is 1. The minimum atomic E-state index is -0.512. The Labute approximate surface area is 127 Å². The maximum atomic E-state index is 12.6. The molecule has 0 spiro atoms. The molecule has 1 N–H and O–H groups in total. The van der Waals surface area contributed by atoms with Gasteiger partial charge in [0, 0.05) is 26.0 Å². The van der Waals surface area contributed by atoms with Crippen molar-refractivity contribution in [3.05, 3.63) is 42.5 Å². The molecule has 1 aliphatic rings. The van der Waals surface area contributed by atoms with Gasteiger partial charge in [0.25, 0.3) is 5.91 Å². The van der Waals surface area contributed by atoms with Crippen LogP contribution in [0, 0.1) is 0 Å². The highest BCUT2D eigenvalue weighted by atomic mass is 16.2. The highest BCUT2D eigenvalue weighted by Crippen LogP contribution is 2.20. The Bertz CT molecular complexity index is 682. The van der Waals surface area contributed by atoms with E-state index in [1.54, 1.807) is 41.3 Å². The zero-order valence-electron chi connectivity index (χ0n) is 12.3. The lowest BCUT2D eigenvalue weighted by atomic mass is 10.0. The molecule has 0 aromatic carbocycles. The number of rotatable bonds is 3. The minimum Gasteiger partial charge on any atom is -0.340 e. The van der Waals surface area contributed by atoms with E-state index < -0.39 is 6.04 Å². The molecule has 1 fully saturated rings. The molecule has 1 atom stereocenters. The molecule has 0 saturated carbocycles. The fourth-order valence-electron chi connectivity index (χ4n) is 2.56. The predicted molar refractivity (Wildman–Crippen MR) is 80.3 cm³/mol. The number of hydrogen-bond acceptors (Lipinski definition) is 4. The van der Waals surface area contributed by atoms with Crippen LogP contribution in [0.1, 0.15) is 23.2 Å². The van der Waals surface area contributed by atoms with Crippen LogP contribution in [0.2, 0.25) is 0 Å². The van der Waals surface area contributed by atoms with Crippen LogP contribution >= 0.6 is 0 Å². The highest BCUT2D eigenvalue weighted by molar-refractivity contribution is 6.02. The van der Waals surface area contributed by atoms with Gasteiger partial charge in [-0.1, -0.05) is 0 Å². The average Bonchev–Trinajstić information content (AvgIpc) is 2.97. The predicted octanol–water partition coefficient (Wildman–Crippen LogP) is 0.741. The summed E-state index contributed by atoms with van der Waals surface area (Å²) in [5.41, 5.74) is 1.21. The summed E-state index contributed by atoms with van der Waals surface area (Å²) < 4.78 is 1.56. The minimum absolute atomic E-state index is 0.100. The maximum absolute atomic E-state index is 12.6. The van der Waals surface area contributed by atoms with Crippen molar-refractivity contribution in [1.29, 1.82) is 0 Å². The molecule has 2 aromatic rings. The van der Waals surface area contributed by atoms with Crippen molar-refractivity contribution in [1.82, 2.24) is 20.1 Å². The zero-order valence-corrected chi connectivity index (χ0v) is 12.3. The number of pyridine rings is 1. The molecule has 0 bridgehead atoms. The first-order chi connectivity index (χ1) is 10.6. The fourth-order valence-corrected chi connectivity index (χ4v) is 2.56.